The van der Waals surface area contributed by atoms with Gasteiger partial charge in [0.1, 0.15) is 17.0 Å². The van der Waals surface area contributed by atoms with Crippen molar-refractivity contribution >= 4 is 17.2 Å². The van der Waals surface area contributed by atoms with E-state index < -0.39 is 0 Å². The molecule has 0 atom stereocenters. The van der Waals surface area contributed by atoms with Crippen LogP contribution in [-0.2, 0) is 0 Å². The molecule has 4 aromatic heterocycles. The second-order valence-corrected chi connectivity index (χ2v) is 6.69. The molecule has 8 nitrogen and oxygen atoms in total. The Hall–Kier alpha value is -4.33. The zero-order chi connectivity index (χ0) is 20.5. The Bertz CT molecular complexity index is 1360. The molecule has 0 bridgehead atoms. The molecule has 1 amide bonds. The molecule has 0 radical (unpaired) electrons. The minimum Gasteiger partial charge on any atom is -0.332 e. The fourth-order valence-corrected chi connectivity index (χ4v) is 3.12. The second kappa shape index (κ2) is 7.25. The zero-order valence-electron chi connectivity index (χ0n) is 16.0. The van der Waals surface area contributed by atoms with Gasteiger partial charge >= 0.3 is 0 Å². The number of nitrogens with one attached hydrogen (secondary N) is 1. The van der Waals surface area contributed by atoms with Gasteiger partial charge in [0.2, 0.25) is 5.82 Å². The summed E-state index contributed by atoms with van der Waals surface area (Å²) in [4.78, 5) is 25.8. The average molecular weight is 396 g/mol. The van der Waals surface area contributed by atoms with E-state index in [4.69, 9.17) is 4.52 Å². The zero-order valence-corrected chi connectivity index (χ0v) is 16.0. The van der Waals surface area contributed by atoms with Gasteiger partial charge in [0.25, 0.3) is 11.8 Å². The molecule has 1 aromatic carbocycles. The lowest BCUT2D eigenvalue weighted by Gasteiger charge is -2.09. The van der Waals surface area contributed by atoms with E-state index >= 15 is 0 Å². The molecule has 1 N–H and O–H groups in total. The first-order valence-electron chi connectivity index (χ1n) is 9.28. The fourth-order valence-electron chi connectivity index (χ4n) is 3.12. The summed E-state index contributed by atoms with van der Waals surface area (Å²) in [6, 6.07) is 16.7. The Morgan fingerprint density at radius 1 is 1.07 bits per heavy atom. The summed E-state index contributed by atoms with van der Waals surface area (Å²) in [6.45, 7) is 1.92. The number of carbonyl (C=O) groups excluding carboxylic acids is 1. The number of rotatable bonds is 4. The third kappa shape index (κ3) is 3.20. The predicted molar refractivity (Wildman–Crippen MR) is 111 cm³/mol. The molecule has 8 heteroatoms. The summed E-state index contributed by atoms with van der Waals surface area (Å²) in [5.74, 6) is 0.500. The molecule has 0 saturated heterocycles. The highest BCUT2D eigenvalue weighted by molar-refractivity contribution is 6.04. The van der Waals surface area contributed by atoms with Crippen molar-refractivity contribution < 1.29 is 9.32 Å². The maximum atomic E-state index is 12.8. The van der Waals surface area contributed by atoms with Crippen LogP contribution in [-0.4, -0.2) is 30.4 Å². The Balaban J connectivity index is 1.44. The van der Waals surface area contributed by atoms with E-state index in [0.29, 0.717) is 34.4 Å². The van der Waals surface area contributed by atoms with Gasteiger partial charge in [-0.25, -0.2) is 4.98 Å². The molecule has 5 rings (SSSR count). The van der Waals surface area contributed by atoms with Crippen molar-refractivity contribution in [1.29, 1.82) is 0 Å². The van der Waals surface area contributed by atoms with Gasteiger partial charge in [-0.05, 0) is 42.8 Å². The van der Waals surface area contributed by atoms with E-state index in [1.54, 1.807) is 29.1 Å². The van der Waals surface area contributed by atoms with E-state index in [9.17, 15) is 4.79 Å². The number of amides is 1. The Kier molecular flexibility index (Phi) is 4.29. The van der Waals surface area contributed by atoms with E-state index in [1.165, 1.54) is 0 Å². The van der Waals surface area contributed by atoms with Crippen LogP contribution in [0.4, 0.5) is 5.69 Å². The lowest BCUT2D eigenvalue weighted by atomic mass is 10.1. The van der Waals surface area contributed by atoms with Crippen LogP contribution in [0.5, 0.6) is 0 Å². The van der Waals surface area contributed by atoms with E-state index in [-0.39, 0.29) is 5.91 Å². The molecule has 0 saturated carbocycles. The van der Waals surface area contributed by atoms with Crippen molar-refractivity contribution in [2.45, 2.75) is 6.92 Å². The summed E-state index contributed by atoms with van der Waals surface area (Å²) in [7, 11) is 0. The summed E-state index contributed by atoms with van der Waals surface area (Å²) in [5.41, 5.74) is 4.06. The number of hydrogen-bond donors (Lipinski definition) is 1. The van der Waals surface area contributed by atoms with Gasteiger partial charge in [-0.1, -0.05) is 29.4 Å². The van der Waals surface area contributed by atoms with Crippen molar-refractivity contribution in [3.8, 4) is 23.0 Å². The van der Waals surface area contributed by atoms with Gasteiger partial charge in [-0.15, -0.1) is 0 Å². The molecule has 0 aliphatic rings. The lowest BCUT2D eigenvalue weighted by molar-refractivity contribution is 0.102. The topological polar surface area (TPSA) is 98.2 Å². The largest absolute Gasteiger partial charge is 0.332 e. The maximum Gasteiger partial charge on any atom is 0.276 e. The molecule has 0 aliphatic carbocycles. The predicted octanol–water partition coefficient (Wildman–Crippen LogP) is 4.01. The molecule has 0 spiro atoms. The van der Waals surface area contributed by atoms with Gasteiger partial charge in [0, 0.05) is 23.6 Å². The number of pyridine rings is 2. The maximum absolute atomic E-state index is 12.8. The smallest absolute Gasteiger partial charge is 0.276 e. The molecular weight excluding hydrogens is 380 g/mol. The molecule has 5 aromatic rings. The molecule has 146 valence electrons. The van der Waals surface area contributed by atoms with E-state index in [1.807, 2.05) is 55.5 Å². The second-order valence-electron chi connectivity index (χ2n) is 6.69. The summed E-state index contributed by atoms with van der Waals surface area (Å²) >= 11 is 0. The molecule has 30 heavy (non-hydrogen) atoms. The number of imidazole rings is 1. The highest BCUT2D eigenvalue weighted by atomic mass is 16.5. The van der Waals surface area contributed by atoms with Crippen LogP contribution in [0.2, 0.25) is 0 Å². The monoisotopic (exact) mass is 396 g/mol. The quantitative estimate of drug-likeness (QED) is 0.493. The highest BCUT2D eigenvalue weighted by Crippen LogP contribution is 2.26. The van der Waals surface area contributed by atoms with Crippen molar-refractivity contribution in [3.05, 3.63) is 84.4 Å². The number of anilines is 1. The fraction of sp³-hybridized carbons (Fsp3) is 0.0455. The summed E-state index contributed by atoms with van der Waals surface area (Å²) in [5, 5.41) is 7.01. The standard InChI is InChI=1S/C22H16N6O2/c1-14-8-9-15(20-26-22(30-27-20)16-6-2-4-10-23-16)12-17(14)25-21(29)18-13-24-19-7-3-5-11-28(18)19/h2-13H,1H3,(H,25,29). The number of carbonyl (C=O) groups is 1. The van der Waals surface area contributed by atoms with Crippen molar-refractivity contribution in [3.63, 3.8) is 0 Å². The first-order valence-corrected chi connectivity index (χ1v) is 9.28. The number of hydrogen-bond acceptors (Lipinski definition) is 6. The number of aromatic nitrogens is 5. The molecular formula is C22H16N6O2. The lowest BCUT2D eigenvalue weighted by Crippen LogP contribution is -2.15. The summed E-state index contributed by atoms with van der Waals surface area (Å²) < 4.78 is 7.08. The summed E-state index contributed by atoms with van der Waals surface area (Å²) in [6.07, 6.45) is 5.03. The normalized spacial score (nSPS) is 11.0. The van der Waals surface area contributed by atoms with Crippen LogP contribution in [0, 0.1) is 6.92 Å². The minimum absolute atomic E-state index is 0.253. The number of fused-ring (bicyclic) bond motifs is 1. The number of nitrogens with zero attached hydrogens (tertiary/aromatic N) is 5. The van der Waals surface area contributed by atoms with Crippen LogP contribution in [0.3, 0.4) is 0 Å². The van der Waals surface area contributed by atoms with Crippen LogP contribution in [0.1, 0.15) is 16.1 Å². The Labute approximate surface area is 171 Å². The van der Waals surface area contributed by atoms with Gasteiger partial charge in [-0.3, -0.25) is 14.2 Å². The van der Waals surface area contributed by atoms with Crippen molar-refractivity contribution in [2.75, 3.05) is 5.32 Å². The first kappa shape index (κ1) is 17.7. The molecule has 0 aliphatic heterocycles. The van der Waals surface area contributed by atoms with Crippen LogP contribution < -0.4 is 5.32 Å². The minimum atomic E-state index is -0.253. The van der Waals surface area contributed by atoms with Crippen LogP contribution >= 0.6 is 0 Å². The first-order chi connectivity index (χ1) is 14.7. The van der Waals surface area contributed by atoms with Crippen LogP contribution in [0.15, 0.2) is 77.7 Å². The average Bonchev–Trinajstić information content (AvgIpc) is 3.43. The highest BCUT2D eigenvalue weighted by Gasteiger charge is 2.16. The van der Waals surface area contributed by atoms with Crippen LogP contribution in [0.25, 0.3) is 28.6 Å². The third-order valence-electron chi connectivity index (χ3n) is 4.70. The van der Waals surface area contributed by atoms with Gasteiger partial charge in [0.05, 0.1) is 6.20 Å². The number of aryl methyl sites for hydroxylation is 1. The van der Waals surface area contributed by atoms with Crippen molar-refractivity contribution in [1.82, 2.24) is 24.5 Å². The van der Waals surface area contributed by atoms with Gasteiger partial charge < -0.3 is 9.84 Å². The Morgan fingerprint density at radius 2 is 1.97 bits per heavy atom. The van der Waals surface area contributed by atoms with Gasteiger partial charge in [0.15, 0.2) is 0 Å². The molecule has 0 fully saturated rings. The van der Waals surface area contributed by atoms with Crippen molar-refractivity contribution in [2.24, 2.45) is 0 Å². The third-order valence-corrected chi connectivity index (χ3v) is 4.70. The van der Waals surface area contributed by atoms with Gasteiger partial charge in [-0.2, -0.15) is 4.98 Å². The van der Waals surface area contributed by atoms with E-state index in [0.717, 1.165) is 11.1 Å². The molecule has 0 unspecified atom stereocenters. The number of benzene rings is 1. The van der Waals surface area contributed by atoms with E-state index in [2.05, 4.69) is 25.4 Å². The molecule has 4 heterocycles. The SMILES string of the molecule is Cc1ccc(-c2noc(-c3ccccn3)n2)cc1NC(=O)c1cnc2ccccn12. The Morgan fingerprint density at radius 3 is 2.83 bits per heavy atom.